The highest BCUT2D eigenvalue weighted by molar-refractivity contribution is 7.93. The van der Waals surface area contributed by atoms with Crippen molar-refractivity contribution in [3.8, 4) is 16.9 Å². The number of nitrogens with one attached hydrogen (secondary N) is 1. The van der Waals surface area contributed by atoms with Crippen LogP contribution in [0.4, 0.5) is 18.9 Å². The van der Waals surface area contributed by atoms with Crippen LogP contribution in [0.5, 0.6) is 5.75 Å². The van der Waals surface area contributed by atoms with E-state index in [0.29, 0.717) is 35.5 Å². The number of ether oxygens (including phenoxy) is 1. The maximum Gasteiger partial charge on any atom is 0.598 e. The number of aliphatic hydroxyl groups excluding tert-OH is 1. The van der Waals surface area contributed by atoms with Gasteiger partial charge in [0.15, 0.2) is 11.4 Å². The molecule has 0 saturated carbocycles. The lowest BCUT2D eigenvalue weighted by Gasteiger charge is -2.23. The molecular weight excluding hydrogens is 343 g/mol. The van der Waals surface area contributed by atoms with E-state index in [2.05, 4.69) is 0 Å². The zero-order chi connectivity index (χ0) is 17.3. The fraction of sp³-hybridized carbons (Fsp3) is 0.250. The van der Waals surface area contributed by atoms with Gasteiger partial charge in [0.1, 0.15) is 5.75 Å². The summed E-state index contributed by atoms with van der Waals surface area (Å²) in [6.07, 6.45) is -0.122. The summed E-state index contributed by atoms with van der Waals surface area (Å²) in [6.45, 7) is 0.371. The van der Waals surface area contributed by atoms with Gasteiger partial charge in [0, 0.05) is 17.5 Å². The molecule has 2 N–H and O–H groups in total. The summed E-state index contributed by atoms with van der Waals surface area (Å²) in [5, 5.41) is 9.93. The van der Waals surface area contributed by atoms with Gasteiger partial charge in [0.25, 0.3) is 0 Å². The van der Waals surface area contributed by atoms with E-state index in [1.165, 1.54) is 6.07 Å². The number of para-hydroxylation sites is 1. The second-order valence-electron chi connectivity index (χ2n) is 5.27. The smallest absolute Gasteiger partial charge is 0.586 e. The van der Waals surface area contributed by atoms with Gasteiger partial charge >= 0.3 is 5.51 Å². The minimum atomic E-state index is -4.85. The molecule has 24 heavy (non-hydrogen) atoms. The molecular formula is C16H14F3NO3S. The molecule has 0 saturated heterocycles. The molecule has 2 aromatic rings. The van der Waals surface area contributed by atoms with Crippen molar-refractivity contribution in [1.82, 2.24) is 0 Å². The van der Waals surface area contributed by atoms with E-state index in [1.807, 2.05) is 4.72 Å². The summed E-state index contributed by atoms with van der Waals surface area (Å²) in [6, 6.07) is 11.3. The molecule has 0 radical (unpaired) electrons. The normalized spacial score (nSPS) is 18.5. The quantitative estimate of drug-likeness (QED) is 0.821. The molecule has 128 valence electrons. The second kappa shape index (κ2) is 6.54. The van der Waals surface area contributed by atoms with Crippen molar-refractivity contribution in [2.24, 2.45) is 0 Å². The number of fused-ring (bicyclic) bond motifs is 1. The molecule has 0 amide bonds. The summed E-state index contributed by atoms with van der Waals surface area (Å²) < 4.78 is 56.4. The molecule has 0 aliphatic carbocycles. The Morgan fingerprint density at radius 3 is 2.71 bits per heavy atom. The van der Waals surface area contributed by atoms with Gasteiger partial charge in [-0.05, 0) is 17.7 Å². The Kier molecular flexibility index (Phi) is 4.62. The van der Waals surface area contributed by atoms with Crippen molar-refractivity contribution in [1.29, 1.82) is 0 Å². The van der Waals surface area contributed by atoms with Gasteiger partial charge in [0.2, 0.25) is 0 Å². The zero-order valence-electron chi connectivity index (χ0n) is 12.3. The Bertz CT molecular complexity index is 739. The lowest BCUT2D eigenvalue weighted by atomic mass is 9.97. The van der Waals surface area contributed by atoms with Gasteiger partial charge in [-0.3, -0.25) is 0 Å². The highest BCUT2D eigenvalue weighted by atomic mass is 32.2. The Hall–Kier alpha value is -1.90. The summed E-state index contributed by atoms with van der Waals surface area (Å²) in [7, 11) is 0. The second-order valence-corrected chi connectivity index (χ2v) is 6.47. The molecule has 1 aliphatic heterocycles. The molecule has 8 heteroatoms. The van der Waals surface area contributed by atoms with Gasteiger partial charge in [-0.2, -0.15) is 4.72 Å². The number of benzene rings is 2. The van der Waals surface area contributed by atoms with Gasteiger partial charge in [-0.15, -0.1) is 13.2 Å². The van der Waals surface area contributed by atoms with Crippen LogP contribution >= 0.6 is 0 Å². The van der Waals surface area contributed by atoms with E-state index in [-0.39, 0.29) is 5.69 Å². The van der Waals surface area contributed by atoms with Crippen molar-refractivity contribution < 1.29 is 27.6 Å². The largest absolute Gasteiger partial charge is 0.598 e. The first-order valence-electron chi connectivity index (χ1n) is 7.16. The molecule has 1 aliphatic rings. The summed E-state index contributed by atoms with van der Waals surface area (Å²) in [5.74, 6) is 0.498. The molecule has 0 bridgehead atoms. The molecule has 2 atom stereocenters. The van der Waals surface area contributed by atoms with Crippen LogP contribution in [0.1, 0.15) is 18.1 Å². The first-order chi connectivity index (χ1) is 11.4. The van der Waals surface area contributed by atoms with Crippen molar-refractivity contribution in [3.05, 3.63) is 48.0 Å². The van der Waals surface area contributed by atoms with Crippen LogP contribution < -0.4 is 9.46 Å². The van der Waals surface area contributed by atoms with E-state index in [1.54, 1.807) is 36.4 Å². The lowest BCUT2D eigenvalue weighted by Crippen LogP contribution is -2.30. The molecule has 2 aromatic carbocycles. The Morgan fingerprint density at radius 1 is 1.21 bits per heavy atom. The first kappa shape index (κ1) is 16.9. The number of hydrogen-bond donors (Lipinski definition) is 2. The van der Waals surface area contributed by atoms with Crippen molar-refractivity contribution in [2.45, 2.75) is 18.0 Å². The number of alkyl halides is 3. The number of aliphatic hydroxyl groups is 1. The lowest BCUT2D eigenvalue weighted by molar-refractivity contribution is -0.0428. The van der Waals surface area contributed by atoms with Crippen LogP contribution in [0, 0.1) is 0 Å². The minimum Gasteiger partial charge on any atom is -0.586 e. The maximum atomic E-state index is 12.5. The molecule has 4 nitrogen and oxygen atoms in total. The fourth-order valence-electron chi connectivity index (χ4n) is 2.52. The van der Waals surface area contributed by atoms with Crippen molar-refractivity contribution in [2.75, 3.05) is 11.3 Å². The van der Waals surface area contributed by atoms with Gasteiger partial charge < -0.3 is 14.4 Å². The third-order valence-electron chi connectivity index (χ3n) is 3.67. The number of anilines is 1. The molecule has 0 aromatic heterocycles. The van der Waals surface area contributed by atoms with Crippen LogP contribution in [0.25, 0.3) is 11.1 Å². The Balaban J connectivity index is 1.96. The van der Waals surface area contributed by atoms with E-state index in [9.17, 15) is 22.8 Å². The minimum absolute atomic E-state index is 0.101. The number of halogens is 3. The Morgan fingerprint density at radius 2 is 1.96 bits per heavy atom. The maximum absolute atomic E-state index is 12.5. The molecule has 1 heterocycles. The third kappa shape index (κ3) is 3.45. The highest BCUT2D eigenvalue weighted by Gasteiger charge is 2.46. The van der Waals surface area contributed by atoms with Crippen molar-refractivity contribution >= 4 is 17.0 Å². The SMILES string of the molecule is [O-][S+](Nc1ccccc1-c1ccc2c(c1)OCCC2O)C(F)(F)F. The van der Waals surface area contributed by atoms with Crippen molar-refractivity contribution in [3.63, 3.8) is 0 Å². The predicted molar refractivity (Wildman–Crippen MR) is 84.8 cm³/mol. The number of hydrogen-bond acceptors (Lipinski definition) is 4. The van der Waals surface area contributed by atoms with Crippen LogP contribution in [0.15, 0.2) is 42.5 Å². The first-order valence-corrected chi connectivity index (χ1v) is 8.30. The van der Waals surface area contributed by atoms with Gasteiger partial charge in [-0.1, -0.05) is 30.3 Å². The topological polar surface area (TPSA) is 64.5 Å². The van der Waals surface area contributed by atoms with E-state index in [0.717, 1.165) is 0 Å². The highest BCUT2D eigenvalue weighted by Crippen LogP contribution is 2.38. The third-order valence-corrected chi connectivity index (χ3v) is 4.50. The van der Waals surface area contributed by atoms with Gasteiger partial charge in [0.05, 0.1) is 18.4 Å². The average Bonchev–Trinajstić information content (AvgIpc) is 2.54. The van der Waals surface area contributed by atoms with Crippen LogP contribution in [-0.4, -0.2) is 21.8 Å². The van der Waals surface area contributed by atoms with Gasteiger partial charge in [-0.25, -0.2) is 0 Å². The zero-order valence-corrected chi connectivity index (χ0v) is 13.2. The van der Waals surface area contributed by atoms with Crippen LogP contribution in [-0.2, 0) is 11.4 Å². The van der Waals surface area contributed by atoms with E-state index < -0.39 is 23.0 Å². The van der Waals surface area contributed by atoms with E-state index in [4.69, 9.17) is 4.74 Å². The number of rotatable bonds is 3. The molecule has 2 unspecified atom stereocenters. The monoisotopic (exact) mass is 357 g/mol. The predicted octanol–water partition coefficient (Wildman–Crippen LogP) is 3.76. The molecule has 0 spiro atoms. The Labute approximate surface area is 139 Å². The summed E-state index contributed by atoms with van der Waals surface area (Å²) in [5.41, 5.74) is -3.04. The molecule has 3 rings (SSSR count). The van der Waals surface area contributed by atoms with Crippen LogP contribution in [0.2, 0.25) is 0 Å². The summed E-state index contributed by atoms with van der Waals surface area (Å²) in [4.78, 5) is 0. The van der Waals surface area contributed by atoms with Crippen LogP contribution in [0.3, 0.4) is 0 Å². The standard InChI is InChI=1S/C16H14F3NO3S/c17-16(18,19)24(22)20-13-4-2-1-3-11(13)10-5-6-12-14(21)7-8-23-15(12)9-10/h1-6,9,14,20-21H,7-8H2. The average molecular weight is 357 g/mol. The molecule has 0 fully saturated rings. The fourth-order valence-corrected chi connectivity index (χ4v) is 3.01. The summed E-state index contributed by atoms with van der Waals surface area (Å²) >= 11 is -3.20. The van der Waals surface area contributed by atoms with E-state index >= 15 is 0 Å².